The minimum Gasteiger partial charge on any atom is -0.508 e. The average Bonchev–Trinajstić information content (AvgIpc) is 2.49. The highest BCUT2D eigenvalue weighted by Gasteiger charge is 2.18. The Balaban J connectivity index is 1.93. The lowest BCUT2D eigenvalue weighted by molar-refractivity contribution is -0.131. The van der Waals surface area contributed by atoms with E-state index in [1.54, 1.807) is 42.4 Å². The molecule has 110 valence electrons. The molecule has 2 rings (SSSR count). The van der Waals surface area contributed by atoms with Gasteiger partial charge >= 0.3 is 0 Å². The van der Waals surface area contributed by atoms with Gasteiger partial charge in [0.25, 0.3) is 0 Å². The van der Waals surface area contributed by atoms with E-state index in [0.717, 1.165) is 11.3 Å². The molecule has 1 aromatic heterocycles. The van der Waals surface area contributed by atoms with Gasteiger partial charge in [-0.1, -0.05) is 18.2 Å². The molecule has 0 aliphatic rings. The van der Waals surface area contributed by atoms with Gasteiger partial charge in [0.1, 0.15) is 5.75 Å². The summed E-state index contributed by atoms with van der Waals surface area (Å²) in [6.07, 6.45) is 2.13. The van der Waals surface area contributed by atoms with Gasteiger partial charge in [0.05, 0.1) is 18.3 Å². The van der Waals surface area contributed by atoms with Crippen LogP contribution in [0.15, 0.2) is 48.7 Å². The van der Waals surface area contributed by atoms with Gasteiger partial charge < -0.3 is 15.7 Å². The normalized spacial score (nSPS) is 11.9. The third-order valence-corrected chi connectivity index (χ3v) is 3.21. The zero-order chi connectivity index (χ0) is 15.2. The Morgan fingerprint density at radius 1 is 1.29 bits per heavy atom. The zero-order valence-electron chi connectivity index (χ0n) is 11.9. The number of phenols is 1. The number of likely N-dealkylation sites (N-methyl/N-ethyl adjacent to an activating group) is 1. The molecular formula is C16H19N3O2. The molecule has 0 bridgehead atoms. The second-order valence-corrected chi connectivity index (χ2v) is 4.99. The third-order valence-electron chi connectivity index (χ3n) is 3.21. The highest BCUT2D eigenvalue weighted by Crippen LogP contribution is 2.11. The summed E-state index contributed by atoms with van der Waals surface area (Å²) >= 11 is 0. The van der Waals surface area contributed by atoms with Crippen molar-refractivity contribution in [3.8, 4) is 5.75 Å². The summed E-state index contributed by atoms with van der Waals surface area (Å²) in [6.45, 7) is 0.433. The van der Waals surface area contributed by atoms with Crippen LogP contribution in [0.25, 0.3) is 0 Å². The van der Waals surface area contributed by atoms with E-state index in [0.29, 0.717) is 13.0 Å². The van der Waals surface area contributed by atoms with Crippen molar-refractivity contribution in [1.29, 1.82) is 0 Å². The summed E-state index contributed by atoms with van der Waals surface area (Å²) in [5, 5.41) is 9.24. The summed E-state index contributed by atoms with van der Waals surface area (Å²) in [6, 6.07) is 11.7. The van der Waals surface area contributed by atoms with E-state index in [-0.39, 0.29) is 11.7 Å². The number of hydrogen-bond acceptors (Lipinski definition) is 4. The van der Waals surface area contributed by atoms with E-state index in [4.69, 9.17) is 5.73 Å². The SMILES string of the molecule is CN(Cc1ccccn1)C(=O)[C@@H](N)Cc1ccc(O)cc1. The Labute approximate surface area is 124 Å². The zero-order valence-corrected chi connectivity index (χ0v) is 11.9. The van der Waals surface area contributed by atoms with Gasteiger partial charge in [-0.25, -0.2) is 0 Å². The number of nitrogens with two attached hydrogens (primary N) is 1. The summed E-state index contributed by atoms with van der Waals surface area (Å²) < 4.78 is 0. The molecule has 0 radical (unpaired) electrons. The molecule has 21 heavy (non-hydrogen) atoms. The maximum absolute atomic E-state index is 12.2. The molecular weight excluding hydrogens is 266 g/mol. The van der Waals surface area contributed by atoms with Gasteiger partial charge in [-0.15, -0.1) is 0 Å². The standard InChI is InChI=1S/C16H19N3O2/c1-19(11-13-4-2-3-9-18-13)16(21)15(17)10-12-5-7-14(20)8-6-12/h2-9,15,20H,10-11,17H2,1H3/t15-/m0/s1. The van der Waals surface area contributed by atoms with Gasteiger partial charge in [-0.3, -0.25) is 9.78 Å². The molecule has 5 nitrogen and oxygen atoms in total. The molecule has 1 aromatic carbocycles. The highest BCUT2D eigenvalue weighted by atomic mass is 16.3. The number of rotatable bonds is 5. The van der Waals surface area contributed by atoms with Crippen LogP contribution in [0, 0.1) is 0 Å². The molecule has 0 saturated carbocycles. The number of hydrogen-bond donors (Lipinski definition) is 2. The summed E-state index contributed by atoms with van der Waals surface area (Å²) in [7, 11) is 1.72. The van der Waals surface area contributed by atoms with Crippen LogP contribution in [-0.4, -0.2) is 34.0 Å². The first kappa shape index (κ1) is 15.0. The first-order chi connectivity index (χ1) is 10.1. The van der Waals surface area contributed by atoms with E-state index in [2.05, 4.69) is 4.98 Å². The van der Waals surface area contributed by atoms with Crippen LogP contribution in [0.3, 0.4) is 0 Å². The summed E-state index contributed by atoms with van der Waals surface area (Å²) in [4.78, 5) is 18.0. The molecule has 1 heterocycles. The monoisotopic (exact) mass is 285 g/mol. The van der Waals surface area contributed by atoms with Crippen LogP contribution in [0.5, 0.6) is 5.75 Å². The van der Waals surface area contributed by atoms with Crippen LogP contribution in [-0.2, 0) is 17.8 Å². The van der Waals surface area contributed by atoms with Crippen molar-refractivity contribution >= 4 is 5.91 Å². The second-order valence-electron chi connectivity index (χ2n) is 4.99. The van der Waals surface area contributed by atoms with E-state index in [1.807, 2.05) is 18.2 Å². The molecule has 0 unspecified atom stereocenters. The molecule has 0 saturated heterocycles. The number of carbonyl (C=O) groups excluding carboxylic acids is 1. The Morgan fingerprint density at radius 3 is 2.62 bits per heavy atom. The lowest BCUT2D eigenvalue weighted by Crippen LogP contribution is -2.42. The number of benzene rings is 1. The Hall–Kier alpha value is -2.40. The predicted octanol–water partition coefficient (Wildman–Crippen LogP) is 1.32. The smallest absolute Gasteiger partial charge is 0.239 e. The average molecular weight is 285 g/mol. The van der Waals surface area contributed by atoms with Crippen molar-refractivity contribution in [3.05, 3.63) is 59.9 Å². The quantitative estimate of drug-likeness (QED) is 0.868. The van der Waals surface area contributed by atoms with Gasteiger partial charge in [0.15, 0.2) is 0 Å². The van der Waals surface area contributed by atoms with Gasteiger partial charge in [-0.2, -0.15) is 0 Å². The van der Waals surface area contributed by atoms with Crippen LogP contribution in [0.1, 0.15) is 11.3 Å². The lowest BCUT2D eigenvalue weighted by Gasteiger charge is -2.21. The van der Waals surface area contributed by atoms with Crippen LogP contribution in [0.4, 0.5) is 0 Å². The number of phenolic OH excluding ortho intramolecular Hbond substituents is 1. The molecule has 1 atom stereocenters. The fourth-order valence-electron chi connectivity index (χ4n) is 2.07. The Morgan fingerprint density at radius 2 is 2.00 bits per heavy atom. The van der Waals surface area contributed by atoms with E-state index in [9.17, 15) is 9.90 Å². The minimum atomic E-state index is -0.608. The van der Waals surface area contributed by atoms with E-state index in [1.165, 1.54) is 0 Å². The molecule has 3 N–H and O–H groups in total. The number of carbonyl (C=O) groups is 1. The molecule has 0 spiro atoms. The molecule has 0 aliphatic heterocycles. The summed E-state index contributed by atoms with van der Waals surface area (Å²) in [5.41, 5.74) is 7.71. The molecule has 5 heteroatoms. The first-order valence-corrected chi connectivity index (χ1v) is 6.74. The van der Waals surface area contributed by atoms with Gasteiger partial charge in [-0.05, 0) is 36.2 Å². The number of nitrogens with zero attached hydrogens (tertiary/aromatic N) is 2. The fraction of sp³-hybridized carbons (Fsp3) is 0.250. The number of aromatic nitrogens is 1. The van der Waals surface area contributed by atoms with E-state index >= 15 is 0 Å². The molecule has 1 amide bonds. The first-order valence-electron chi connectivity index (χ1n) is 6.74. The highest BCUT2D eigenvalue weighted by molar-refractivity contribution is 5.81. The number of pyridine rings is 1. The third kappa shape index (κ3) is 4.29. The van der Waals surface area contributed by atoms with Crippen LogP contribution in [0.2, 0.25) is 0 Å². The predicted molar refractivity (Wildman–Crippen MR) is 80.5 cm³/mol. The Kier molecular flexibility index (Phi) is 4.90. The van der Waals surface area contributed by atoms with Crippen LogP contribution >= 0.6 is 0 Å². The molecule has 0 fully saturated rings. The van der Waals surface area contributed by atoms with Crippen molar-refractivity contribution in [1.82, 2.24) is 9.88 Å². The van der Waals surface area contributed by atoms with Crippen molar-refractivity contribution < 1.29 is 9.90 Å². The number of amides is 1. The molecule has 0 aliphatic carbocycles. The maximum Gasteiger partial charge on any atom is 0.239 e. The minimum absolute atomic E-state index is 0.131. The number of aromatic hydroxyl groups is 1. The maximum atomic E-state index is 12.2. The van der Waals surface area contributed by atoms with Crippen molar-refractivity contribution in [2.45, 2.75) is 19.0 Å². The molecule has 2 aromatic rings. The van der Waals surface area contributed by atoms with Crippen molar-refractivity contribution in [2.24, 2.45) is 5.73 Å². The van der Waals surface area contributed by atoms with Crippen LogP contribution < -0.4 is 5.73 Å². The van der Waals surface area contributed by atoms with Crippen molar-refractivity contribution in [2.75, 3.05) is 7.05 Å². The van der Waals surface area contributed by atoms with Gasteiger partial charge in [0, 0.05) is 13.2 Å². The lowest BCUT2D eigenvalue weighted by atomic mass is 10.1. The van der Waals surface area contributed by atoms with Gasteiger partial charge in [0.2, 0.25) is 5.91 Å². The summed E-state index contributed by atoms with van der Waals surface area (Å²) in [5.74, 6) is 0.0691. The fourth-order valence-corrected chi connectivity index (χ4v) is 2.07. The second kappa shape index (κ2) is 6.85. The van der Waals surface area contributed by atoms with Crippen molar-refractivity contribution in [3.63, 3.8) is 0 Å². The topological polar surface area (TPSA) is 79.5 Å². The Bertz CT molecular complexity index is 584. The van der Waals surface area contributed by atoms with E-state index < -0.39 is 6.04 Å². The largest absolute Gasteiger partial charge is 0.508 e.